The van der Waals surface area contributed by atoms with Crippen molar-refractivity contribution in [2.24, 2.45) is 0 Å². The second-order valence-electron chi connectivity index (χ2n) is 4.97. The number of nitro benzene ring substituents is 1. The van der Waals surface area contributed by atoms with Crippen molar-refractivity contribution in [1.29, 1.82) is 0 Å². The first-order chi connectivity index (χ1) is 12.3. The van der Waals surface area contributed by atoms with Crippen molar-refractivity contribution in [2.75, 3.05) is 19.5 Å². The number of nitro groups is 1. The van der Waals surface area contributed by atoms with Gasteiger partial charge < -0.3 is 14.8 Å². The van der Waals surface area contributed by atoms with Crippen molar-refractivity contribution in [1.82, 2.24) is 0 Å². The van der Waals surface area contributed by atoms with Crippen LogP contribution in [0, 0.1) is 10.1 Å². The molecule has 0 aliphatic rings. The van der Waals surface area contributed by atoms with E-state index in [-0.39, 0.29) is 11.4 Å². The number of methoxy groups -OCH3 is 2. The van der Waals surface area contributed by atoms with Crippen LogP contribution in [0.15, 0.2) is 36.4 Å². The normalized spacial score (nSPS) is 10.6. The van der Waals surface area contributed by atoms with Crippen LogP contribution >= 0.6 is 23.2 Å². The van der Waals surface area contributed by atoms with Crippen molar-refractivity contribution in [3.8, 4) is 11.5 Å². The third-order valence-electron chi connectivity index (χ3n) is 3.31. The first-order valence-corrected chi connectivity index (χ1v) is 7.95. The molecule has 0 radical (unpaired) electrons. The molecule has 1 N–H and O–H groups in total. The van der Waals surface area contributed by atoms with E-state index < -0.39 is 10.8 Å². The van der Waals surface area contributed by atoms with Crippen molar-refractivity contribution in [2.45, 2.75) is 0 Å². The Balaban J connectivity index is 2.25. The van der Waals surface area contributed by atoms with Crippen LogP contribution < -0.4 is 14.8 Å². The number of ether oxygens (including phenoxy) is 2. The van der Waals surface area contributed by atoms with Gasteiger partial charge in [0.2, 0.25) is 5.91 Å². The first-order valence-electron chi connectivity index (χ1n) is 7.20. The Morgan fingerprint density at radius 2 is 1.92 bits per heavy atom. The molecule has 0 aromatic heterocycles. The number of carbonyl (C=O) groups is 1. The number of amides is 1. The molecule has 26 heavy (non-hydrogen) atoms. The fourth-order valence-electron chi connectivity index (χ4n) is 2.15. The fraction of sp³-hybridized carbons (Fsp3) is 0.118. The maximum atomic E-state index is 12.1. The summed E-state index contributed by atoms with van der Waals surface area (Å²) in [5.41, 5.74) is 0.250. The van der Waals surface area contributed by atoms with E-state index in [1.54, 1.807) is 6.07 Å². The number of rotatable bonds is 6. The second kappa shape index (κ2) is 8.55. The minimum absolute atomic E-state index is 0.0431. The molecular weight excluding hydrogens is 383 g/mol. The zero-order valence-corrected chi connectivity index (χ0v) is 15.3. The maximum Gasteiger partial charge on any atom is 0.296 e. The summed E-state index contributed by atoms with van der Waals surface area (Å²) in [5.74, 6) is 0.0931. The molecular formula is C17H14Cl2N2O5. The number of halogens is 2. The average molecular weight is 397 g/mol. The molecule has 1 amide bonds. The van der Waals surface area contributed by atoms with Gasteiger partial charge in [0.05, 0.1) is 30.2 Å². The lowest BCUT2D eigenvalue weighted by atomic mass is 10.2. The first kappa shape index (κ1) is 19.6. The van der Waals surface area contributed by atoms with E-state index in [1.807, 2.05) is 0 Å². The highest BCUT2D eigenvalue weighted by Crippen LogP contribution is 2.33. The Morgan fingerprint density at radius 1 is 1.19 bits per heavy atom. The number of carbonyl (C=O) groups excluding carboxylic acids is 1. The lowest BCUT2D eigenvalue weighted by Crippen LogP contribution is -2.09. The van der Waals surface area contributed by atoms with Crippen LogP contribution in [0.1, 0.15) is 5.56 Å². The van der Waals surface area contributed by atoms with Crippen molar-refractivity contribution in [3.63, 3.8) is 0 Å². The third kappa shape index (κ3) is 4.65. The van der Waals surface area contributed by atoms with E-state index in [9.17, 15) is 14.9 Å². The van der Waals surface area contributed by atoms with Crippen LogP contribution in [0.2, 0.25) is 10.0 Å². The number of hydrogen-bond acceptors (Lipinski definition) is 5. The molecule has 2 rings (SSSR count). The van der Waals surface area contributed by atoms with Gasteiger partial charge in [-0.2, -0.15) is 0 Å². The van der Waals surface area contributed by atoms with Crippen LogP contribution in [-0.4, -0.2) is 25.1 Å². The Hall–Kier alpha value is -2.77. The lowest BCUT2D eigenvalue weighted by Gasteiger charge is -2.08. The topological polar surface area (TPSA) is 90.7 Å². The molecule has 0 unspecified atom stereocenters. The van der Waals surface area contributed by atoms with Gasteiger partial charge in [-0.1, -0.05) is 23.2 Å². The van der Waals surface area contributed by atoms with Gasteiger partial charge in [0, 0.05) is 16.7 Å². The van der Waals surface area contributed by atoms with Crippen LogP contribution in [0.5, 0.6) is 11.5 Å². The van der Waals surface area contributed by atoms with E-state index in [1.165, 1.54) is 50.6 Å². The van der Waals surface area contributed by atoms with Gasteiger partial charge in [0.15, 0.2) is 0 Å². The Labute approximate surface area is 159 Å². The molecule has 0 atom stereocenters. The van der Waals surface area contributed by atoms with Crippen LogP contribution in [-0.2, 0) is 4.79 Å². The van der Waals surface area contributed by atoms with Gasteiger partial charge in [0.25, 0.3) is 5.69 Å². The van der Waals surface area contributed by atoms with E-state index in [0.717, 1.165) is 0 Å². The van der Waals surface area contributed by atoms with Crippen LogP contribution in [0.25, 0.3) is 6.08 Å². The van der Waals surface area contributed by atoms with E-state index in [0.29, 0.717) is 27.1 Å². The zero-order chi connectivity index (χ0) is 19.3. The quantitative estimate of drug-likeness (QED) is 0.438. The summed E-state index contributed by atoms with van der Waals surface area (Å²) in [6.45, 7) is 0. The SMILES string of the molecule is COc1ccc(NC(=O)C=Cc2cc(Cl)cc(Cl)c2OC)c([N+](=O)[O-])c1. The molecule has 0 aliphatic heterocycles. The van der Waals surface area contributed by atoms with Crippen LogP contribution in [0.4, 0.5) is 11.4 Å². The van der Waals surface area contributed by atoms with Gasteiger partial charge in [-0.15, -0.1) is 0 Å². The van der Waals surface area contributed by atoms with E-state index in [2.05, 4.69) is 5.32 Å². The molecule has 0 saturated carbocycles. The monoisotopic (exact) mass is 396 g/mol. The summed E-state index contributed by atoms with van der Waals surface area (Å²) < 4.78 is 10.1. The van der Waals surface area contributed by atoms with Gasteiger partial charge >= 0.3 is 0 Å². The van der Waals surface area contributed by atoms with E-state index in [4.69, 9.17) is 32.7 Å². The Bertz CT molecular complexity index is 884. The second-order valence-corrected chi connectivity index (χ2v) is 5.82. The molecule has 136 valence electrons. The molecule has 0 heterocycles. The van der Waals surface area contributed by atoms with Gasteiger partial charge in [-0.05, 0) is 30.3 Å². The van der Waals surface area contributed by atoms with Crippen molar-refractivity contribution in [3.05, 3.63) is 62.1 Å². The minimum Gasteiger partial charge on any atom is -0.496 e. The number of nitrogens with zero attached hydrogens (tertiary/aromatic N) is 1. The van der Waals surface area contributed by atoms with Gasteiger partial charge in [0.1, 0.15) is 17.2 Å². The number of hydrogen-bond donors (Lipinski definition) is 1. The summed E-state index contributed by atoms with van der Waals surface area (Å²) in [6.07, 6.45) is 2.64. The predicted octanol–water partition coefficient (Wildman–Crippen LogP) is 4.57. The molecule has 0 fully saturated rings. The molecule has 7 nitrogen and oxygen atoms in total. The highest BCUT2D eigenvalue weighted by molar-refractivity contribution is 6.36. The number of benzene rings is 2. The molecule has 0 spiro atoms. The molecule has 2 aromatic rings. The molecule has 9 heteroatoms. The maximum absolute atomic E-state index is 12.1. The third-order valence-corrected chi connectivity index (χ3v) is 3.81. The highest BCUT2D eigenvalue weighted by atomic mass is 35.5. The minimum atomic E-state index is -0.610. The summed E-state index contributed by atoms with van der Waals surface area (Å²) in [5, 5.41) is 14.3. The zero-order valence-electron chi connectivity index (χ0n) is 13.8. The van der Waals surface area contributed by atoms with Gasteiger partial charge in [-0.3, -0.25) is 14.9 Å². The largest absolute Gasteiger partial charge is 0.496 e. The molecule has 0 aliphatic carbocycles. The van der Waals surface area contributed by atoms with Crippen molar-refractivity contribution < 1.29 is 19.2 Å². The Morgan fingerprint density at radius 3 is 2.54 bits per heavy atom. The standard InChI is InChI=1S/C17H14Cl2N2O5/c1-25-12-4-5-14(15(9-12)21(23)24)20-16(22)6-3-10-7-11(18)8-13(19)17(10)26-2/h3-9H,1-2H3,(H,20,22). The number of nitrogens with one attached hydrogen (secondary N) is 1. The highest BCUT2D eigenvalue weighted by Gasteiger charge is 2.16. The summed E-state index contributed by atoms with van der Waals surface area (Å²) in [6, 6.07) is 7.21. The molecule has 0 saturated heterocycles. The summed E-state index contributed by atoms with van der Waals surface area (Å²) in [7, 11) is 2.83. The lowest BCUT2D eigenvalue weighted by molar-refractivity contribution is -0.384. The average Bonchev–Trinajstić information content (AvgIpc) is 2.59. The summed E-state index contributed by atoms with van der Waals surface area (Å²) >= 11 is 12.0. The number of anilines is 1. The molecule has 0 bridgehead atoms. The van der Waals surface area contributed by atoms with E-state index >= 15 is 0 Å². The molecule has 2 aromatic carbocycles. The summed E-state index contributed by atoms with van der Waals surface area (Å²) in [4.78, 5) is 22.7. The van der Waals surface area contributed by atoms with Gasteiger partial charge in [-0.25, -0.2) is 0 Å². The smallest absolute Gasteiger partial charge is 0.296 e. The fourth-order valence-corrected chi connectivity index (χ4v) is 2.74. The Kier molecular flexibility index (Phi) is 6.43. The van der Waals surface area contributed by atoms with Crippen molar-refractivity contribution >= 4 is 46.6 Å². The van der Waals surface area contributed by atoms with Crippen LogP contribution in [0.3, 0.4) is 0 Å². The predicted molar refractivity (Wildman–Crippen MR) is 100 cm³/mol.